The van der Waals surface area contributed by atoms with Crippen LogP contribution in [0, 0.1) is 0 Å². The summed E-state index contributed by atoms with van der Waals surface area (Å²) in [7, 11) is 0. The molecule has 0 amide bonds. The second-order valence-corrected chi connectivity index (χ2v) is 3.04. The largest absolute Gasteiger partial charge is 0.511 e. The van der Waals surface area contributed by atoms with Gasteiger partial charge in [0.2, 0.25) is 0 Å². The number of Topliss-reactive ketones (excluding diaryl/α,β-unsaturated/α-hetero) is 1. The van der Waals surface area contributed by atoms with Crippen molar-refractivity contribution in [1.29, 1.82) is 0 Å². The Labute approximate surface area is 57.9 Å². The first-order valence-electron chi connectivity index (χ1n) is 2.77. The second kappa shape index (κ2) is 2.43. The summed E-state index contributed by atoms with van der Waals surface area (Å²) >= 11 is 1.44. The number of ketones is 1. The number of aliphatic hydroxyl groups excluding tert-OH is 1. The molecule has 0 bridgehead atoms. The van der Waals surface area contributed by atoms with Gasteiger partial charge >= 0.3 is 0 Å². The van der Waals surface area contributed by atoms with Crippen molar-refractivity contribution >= 4 is 17.5 Å². The summed E-state index contributed by atoms with van der Waals surface area (Å²) in [5.41, 5.74) is 0. The highest BCUT2D eigenvalue weighted by Crippen LogP contribution is 2.29. The predicted octanol–water partition coefficient (Wildman–Crippen LogP) is 1.48. The third-order valence-corrected chi connectivity index (χ3v) is 2.39. The van der Waals surface area contributed by atoms with Gasteiger partial charge in [0.1, 0.15) is 5.76 Å². The zero-order chi connectivity index (χ0) is 6.85. The van der Waals surface area contributed by atoms with E-state index in [4.69, 9.17) is 5.11 Å². The monoisotopic (exact) mass is 144 g/mol. The molecule has 1 N–H and O–H groups in total. The Bertz CT molecular complexity index is 172. The second-order valence-electron chi connectivity index (χ2n) is 1.93. The molecule has 0 atom stereocenters. The first kappa shape index (κ1) is 6.68. The Morgan fingerprint density at radius 3 is 2.67 bits per heavy atom. The van der Waals surface area contributed by atoms with Gasteiger partial charge in [-0.1, -0.05) is 0 Å². The molecular weight excluding hydrogens is 136 g/mol. The fourth-order valence-electron chi connectivity index (χ4n) is 0.751. The number of allylic oxidation sites excluding steroid dienone is 2. The number of aliphatic hydroxyl groups is 1. The van der Waals surface area contributed by atoms with Crippen LogP contribution >= 0.6 is 11.8 Å². The minimum atomic E-state index is -0.0185. The molecule has 1 aliphatic heterocycles. The predicted molar refractivity (Wildman–Crippen MR) is 37.4 cm³/mol. The first-order chi connectivity index (χ1) is 4.22. The Morgan fingerprint density at radius 1 is 1.78 bits per heavy atom. The van der Waals surface area contributed by atoms with E-state index in [1.54, 1.807) is 0 Å². The molecule has 0 saturated heterocycles. The molecule has 0 unspecified atom stereocenters. The molecule has 0 radical (unpaired) electrons. The lowest BCUT2D eigenvalue weighted by Gasteiger charge is -1.91. The maximum absolute atomic E-state index is 10.6. The smallest absolute Gasteiger partial charge is 0.169 e. The fraction of sp³-hybridized carbons (Fsp3) is 0.500. The standard InChI is InChI=1S/C6H8O2S/c1-4(7)6-5(8)2-3-9-6/h8H,2-3H2,1H3. The highest BCUT2D eigenvalue weighted by molar-refractivity contribution is 8.04. The molecular formula is C6H8O2S. The molecule has 1 aliphatic rings. The van der Waals surface area contributed by atoms with Gasteiger partial charge in [0.25, 0.3) is 0 Å². The highest BCUT2D eigenvalue weighted by Gasteiger charge is 2.17. The third-order valence-electron chi connectivity index (χ3n) is 1.17. The lowest BCUT2D eigenvalue weighted by molar-refractivity contribution is -0.113. The van der Waals surface area contributed by atoms with Crippen molar-refractivity contribution in [2.45, 2.75) is 13.3 Å². The van der Waals surface area contributed by atoms with Gasteiger partial charge in [-0.05, 0) is 6.92 Å². The van der Waals surface area contributed by atoms with Gasteiger partial charge in [-0.2, -0.15) is 0 Å². The van der Waals surface area contributed by atoms with Crippen molar-refractivity contribution in [3.63, 3.8) is 0 Å². The van der Waals surface area contributed by atoms with E-state index in [-0.39, 0.29) is 11.5 Å². The van der Waals surface area contributed by atoms with E-state index in [2.05, 4.69) is 0 Å². The average Bonchev–Trinajstić information content (AvgIpc) is 2.13. The van der Waals surface area contributed by atoms with Crippen LogP contribution in [0.1, 0.15) is 13.3 Å². The van der Waals surface area contributed by atoms with Crippen LogP contribution in [-0.4, -0.2) is 16.6 Å². The van der Waals surface area contributed by atoms with Gasteiger partial charge in [-0.15, -0.1) is 11.8 Å². The Kier molecular flexibility index (Phi) is 1.81. The van der Waals surface area contributed by atoms with Crippen molar-refractivity contribution in [2.75, 3.05) is 5.75 Å². The summed E-state index contributed by atoms with van der Waals surface area (Å²) < 4.78 is 0. The molecule has 50 valence electrons. The van der Waals surface area contributed by atoms with Crippen LogP contribution < -0.4 is 0 Å². The van der Waals surface area contributed by atoms with E-state index >= 15 is 0 Å². The molecule has 0 saturated carbocycles. The van der Waals surface area contributed by atoms with Crippen LogP contribution in [0.4, 0.5) is 0 Å². The van der Waals surface area contributed by atoms with Crippen LogP contribution in [0.15, 0.2) is 10.7 Å². The van der Waals surface area contributed by atoms with Crippen molar-refractivity contribution in [3.05, 3.63) is 10.7 Å². The fourth-order valence-corrected chi connectivity index (χ4v) is 1.72. The number of thioether (sulfide) groups is 1. The summed E-state index contributed by atoms with van der Waals surface area (Å²) in [6, 6.07) is 0. The van der Waals surface area contributed by atoms with E-state index in [0.29, 0.717) is 11.3 Å². The number of carbonyl (C=O) groups is 1. The zero-order valence-corrected chi connectivity index (χ0v) is 5.99. The van der Waals surface area contributed by atoms with Crippen LogP contribution in [0.25, 0.3) is 0 Å². The van der Waals surface area contributed by atoms with E-state index in [9.17, 15) is 4.79 Å². The molecule has 0 aromatic heterocycles. The van der Waals surface area contributed by atoms with Gasteiger partial charge in [-0.25, -0.2) is 0 Å². The summed E-state index contributed by atoms with van der Waals surface area (Å²) in [4.78, 5) is 11.2. The van der Waals surface area contributed by atoms with Gasteiger partial charge in [0.15, 0.2) is 5.78 Å². The maximum Gasteiger partial charge on any atom is 0.169 e. The molecule has 0 aromatic rings. The molecule has 0 spiro atoms. The van der Waals surface area contributed by atoms with Crippen molar-refractivity contribution in [3.8, 4) is 0 Å². The summed E-state index contributed by atoms with van der Waals surface area (Å²) in [5.74, 6) is 1.10. The highest BCUT2D eigenvalue weighted by atomic mass is 32.2. The Balaban J connectivity index is 2.78. The number of hydrogen-bond donors (Lipinski definition) is 1. The van der Waals surface area contributed by atoms with E-state index in [1.165, 1.54) is 18.7 Å². The van der Waals surface area contributed by atoms with Gasteiger partial charge in [0, 0.05) is 12.2 Å². The molecule has 0 aromatic carbocycles. The van der Waals surface area contributed by atoms with E-state index in [1.807, 2.05) is 0 Å². The van der Waals surface area contributed by atoms with Crippen molar-refractivity contribution < 1.29 is 9.90 Å². The van der Waals surface area contributed by atoms with E-state index < -0.39 is 0 Å². The van der Waals surface area contributed by atoms with Crippen LogP contribution in [0.3, 0.4) is 0 Å². The lowest BCUT2D eigenvalue weighted by atomic mass is 10.3. The third kappa shape index (κ3) is 1.27. The van der Waals surface area contributed by atoms with Crippen LogP contribution in [-0.2, 0) is 4.79 Å². The van der Waals surface area contributed by atoms with Crippen molar-refractivity contribution in [1.82, 2.24) is 0 Å². The molecule has 0 fully saturated rings. The topological polar surface area (TPSA) is 37.3 Å². The van der Waals surface area contributed by atoms with Gasteiger partial charge < -0.3 is 5.11 Å². The lowest BCUT2D eigenvalue weighted by Crippen LogP contribution is -1.91. The molecule has 1 heterocycles. The number of rotatable bonds is 1. The molecule has 9 heavy (non-hydrogen) atoms. The SMILES string of the molecule is CC(=O)C1=C(O)CCS1. The van der Waals surface area contributed by atoms with Crippen LogP contribution in [0.5, 0.6) is 0 Å². The average molecular weight is 144 g/mol. The minimum Gasteiger partial charge on any atom is -0.511 e. The summed E-state index contributed by atoms with van der Waals surface area (Å²) in [6.07, 6.45) is 0.652. The molecule has 0 aliphatic carbocycles. The molecule has 3 heteroatoms. The zero-order valence-electron chi connectivity index (χ0n) is 5.18. The molecule has 2 nitrogen and oxygen atoms in total. The Hall–Kier alpha value is -0.440. The number of carbonyl (C=O) groups excluding carboxylic acids is 1. The quantitative estimate of drug-likeness (QED) is 0.605. The van der Waals surface area contributed by atoms with E-state index in [0.717, 1.165) is 5.75 Å². The molecule has 1 rings (SSSR count). The maximum atomic E-state index is 10.6. The van der Waals surface area contributed by atoms with Gasteiger partial charge in [-0.3, -0.25) is 4.79 Å². The minimum absolute atomic E-state index is 0.0185. The van der Waals surface area contributed by atoms with Crippen molar-refractivity contribution in [2.24, 2.45) is 0 Å². The normalized spacial score (nSPS) is 18.8. The first-order valence-corrected chi connectivity index (χ1v) is 3.76. The number of hydrogen-bond acceptors (Lipinski definition) is 3. The summed E-state index contributed by atoms with van der Waals surface area (Å²) in [6.45, 7) is 1.48. The summed E-state index contributed by atoms with van der Waals surface area (Å²) in [5, 5.41) is 9.00. The van der Waals surface area contributed by atoms with Gasteiger partial charge in [0.05, 0.1) is 4.91 Å². The van der Waals surface area contributed by atoms with Crippen LogP contribution in [0.2, 0.25) is 0 Å². The Morgan fingerprint density at radius 2 is 2.44 bits per heavy atom.